The minimum atomic E-state index is -0.975. The fourth-order valence-corrected chi connectivity index (χ4v) is 4.26. The van der Waals surface area contributed by atoms with Gasteiger partial charge in [0.1, 0.15) is 0 Å². The quantitative estimate of drug-likeness (QED) is 0.330. The number of Topliss-reactive ketones (excluding diaryl/α,β-unsaturated/α-hetero) is 1. The summed E-state index contributed by atoms with van der Waals surface area (Å²) in [5.74, 6) is -2.70. The Hall–Kier alpha value is -3.79. The van der Waals surface area contributed by atoms with E-state index in [-0.39, 0.29) is 17.2 Å². The maximum Gasteiger partial charge on any atom is 0.291 e. The van der Waals surface area contributed by atoms with E-state index in [0.29, 0.717) is 32.6 Å². The molecule has 0 fully saturated rings. The van der Waals surface area contributed by atoms with Gasteiger partial charge in [-0.3, -0.25) is 24.5 Å². The molecule has 0 unspecified atom stereocenters. The predicted molar refractivity (Wildman–Crippen MR) is 121 cm³/mol. The minimum Gasteiger partial charge on any atom is -0.293 e. The van der Waals surface area contributed by atoms with E-state index in [1.54, 1.807) is 44.2 Å². The Balaban J connectivity index is 1.55. The normalized spacial score (nSPS) is 11.0. The lowest BCUT2D eigenvalue weighted by atomic mass is 10.1. The van der Waals surface area contributed by atoms with Gasteiger partial charge in [0.25, 0.3) is 11.5 Å². The Labute approximate surface area is 190 Å². The fraction of sp³-hybridized carbons (Fsp3) is 0.130. The summed E-state index contributed by atoms with van der Waals surface area (Å²) in [4.78, 5) is 38.1. The highest BCUT2D eigenvalue weighted by Crippen LogP contribution is 2.23. The number of aryl methyl sites for hydroxylation is 1. The van der Waals surface area contributed by atoms with Crippen molar-refractivity contribution >= 4 is 34.2 Å². The first kappa shape index (κ1) is 22.4. The second-order valence-corrected chi connectivity index (χ2v) is 8.34. The van der Waals surface area contributed by atoms with Crippen LogP contribution in [-0.4, -0.2) is 32.3 Å². The molecule has 4 rings (SSSR count). The Bertz CT molecular complexity index is 1460. The number of amides is 1. The molecule has 0 aliphatic heterocycles. The molecule has 2 N–H and O–H groups in total. The van der Waals surface area contributed by atoms with Gasteiger partial charge >= 0.3 is 0 Å². The molecule has 0 saturated carbocycles. The van der Waals surface area contributed by atoms with Gasteiger partial charge in [-0.1, -0.05) is 18.2 Å². The second kappa shape index (κ2) is 8.99. The van der Waals surface area contributed by atoms with E-state index in [0.717, 1.165) is 23.9 Å². The van der Waals surface area contributed by atoms with Crippen LogP contribution in [0.15, 0.2) is 58.2 Å². The number of carbonyl (C=O) groups excluding carboxylic acids is 2. The number of hydrogen-bond donors (Lipinski definition) is 2. The number of halogens is 2. The molecule has 0 saturated heterocycles. The Morgan fingerprint density at radius 1 is 1.06 bits per heavy atom. The number of thioether (sulfide) groups is 1. The highest BCUT2D eigenvalue weighted by Gasteiger charge is 2.20. The molecule has 0 aliphatic carbocycles. The number of nitrogens with zero attached hydrogens (tertiary/aromatic N) is 2. The van der Waals surface area contributed by atoms with Crippen molar-refractivity contribution in [3.63, 3.8) is 0 Å². The maximum atomic E-state index is 13.4. The molecule has 10 heteroatoms. The summed E-state index contributed by atoms with van der Waals surface area (Å²) in [7, 11) is 0. The van der Waals surface area contributed by atoms with Crippen LogP contribution in [0.2, 0.25) is 0 Å². The van der Waals surface area contributed by atoms with E-state index in [2.05, 4.69) is 15.6 Å². The lowest BCUT2D eigenvalue weighted by Crippen LogP contribution is -2.27. The van der Waals surface area contributed by atoms with Gasteiger partial charge in [-0.05, 0) is 44.2 Å². The predicted octanol–water partition coefficient (Wildman–Crippen LogP) is 3.98. The van der Waals surface area contributed by atoms with E-state index < -0.39 is 23.1 Å². The number of carbonyl (C=O) groups is 2. The molecule has 0 atom stereocenters. The number of rotatable bonds is 6. The van der Waals surface area contributed by atoms with Crippen LogP contribution >= 0.6 is 11.8 Å². The van der Waals surface area contributed by atoms with Crippen molar-refractivity contribution in [2.75, 3.05) is 11.2 Å². The third-order valence-corrected chi connectivity index (χ3v) is 6.11. The zero-order valence-electron chi connectivity index (χ0n) is 17.6. The van der Waals surface area contributed by atoms with Gasteiger partial charge in [-0.25, -0.2) is 13.9 Å². The summed E-state index contributed by atoms with van der Waals surface area (Å²) in [6.45, 7) is 3.41. The summed E-state index contributed by atoms with van der Waals surface area (Å²) < 4.78 is 27.9. The summed E-state index contributed by atoms with van der Waals surface area (Å²) in [6.07, 6.45) is 0. The highest BCUT2D eigenvalue weighted by atomic mass is 32.2. The molecule has 2 heterocycles. The maximum absolute atomic E-state index is 13.4. The number of aromatic nitrogens is 3. The standard InChI is InChI=1S/C23H18F2N4O3S/c1-12-9-17(20(30)11-33-14-7-8-18(24)19(25)10-14)13(2)29(12)28-23(32)21-15-5-3-4-6-16(15)22(31)27-26-21/h3-10H,11H2,1-2H3,(H,27,31)(H,28,32). The van der Waals surface area contributed by atoms with Crippen LogP contribution in [0.3, 0.4) is 0 Å². The average molecular weight is 468 g/mol. The summed E-state index contributed by atoms with van der Waals surface area (Å²) in [5.41, 5.74) is 3.86. The lowest BCUT2D eigenvalue weighted by molar-refractivity contribution is 0.0996. The summed E-state index contributed by atoms with van der Waals surface area (Å²) in [5, 5.41) is 6.95. The number of fused-ring (bicyclic) bond motifs is 1. The van der Waals surface area contributed by atoms with Gasteiger partial charge in [0.05, 0.1) is 11.1 Å². The first-order valence-electron chi connectivity index (χ1n) is 9.85. The Kier molecular flexibility index (Phi) is 6.10. The van der Waals surface area contributed by atoms with E-state index in [4.69, 9.17) is 0 Å². The van der Waals surface area contributed by atoms with E-state index >= 15 is 0 Å². The van der Waals surface area contributed by atoms with Gasteiger partial charge < -0.3 is 0 Å². The highest BCUT2D eigenvalue weighted by molar-refractivity contribution is 8.00. The van der Waals surface area contributed by atoms with Crippen molar-refractivity contribution in [3.05, 3.63) is 93.2 Å². The van der Waals surface area contributed by atoms with Crippen molar-refractivity contribution in [2.24, 2.45) is 0 Å². The monoisotopic (exact) mass is 468 g/mol. The molecule has 2 aromatic carbocycles. The number of H-pyrrole nitrogens is 1. The van der Waals surface area contributed by atoms with E-state index in [1.807, 2.05) is 0 Å². The molecule has 4 aromatic rings. The lowest BCUT2D eigenvalue weighted by Gasteiger charge is -2.12. The van der Waals surface area contributed by atoms with Crippen molar-refractivity contribution < 1.29 is 18.4 Å². The summed E-state index contributed by atoms with van der Waals surface area (Å²) in [6, 6.07) is 11.7. The van der Waals surface area contributed by atoms with Crippen LogP contribution in [-0.2, 0) is 0 Å². The molecule has 0 spiro atoms. The smallest absolute Gasteiger partial charge is 0.291 e. The van der Waals surface area contributed by atoms with Gasteiger partial charge in [-0.2, -0.15) is 5.10 Å². The third-order valence-electron chi connectivity index (χ3n) is 5.12. The molecule has 7 nitrogen and oxygen atoms in total. The number of hydrogen-bond acceptors (Lipinski definition) is 5. The van der Waals surface area contributed by atoms with Gasteiger partial charge in [-0.15, -0.1) is 11.8 Å². The Morgan fingerprint density at radius 3 is 2.52 bits per heavy atom. The molecular weight excluding hydrogens is 450 g/mol. The van der Waals surface area contributed by atoms with Crippen molar-refractivity contribution in [2.45, 2.75) is 18.7 Å². The molecule has 2 aromatic heterocycles. The number of nitrogens with one attached hydrogen (secondary N) is 2. The van der Waals surface area contributed by atoms with Gasteiger partial charge in [0.2, 0.25) is 0 Å². The van der Waals surface area contributed by atoms with E-state index in [9.17, 15) is 23.2 Å². The van der Waals surface area contributed by atoms with Crippen molar-refractivity contribution in [3.8, 4) is 0 Å². The zero-order valence-corrected chi connectivity index (χ0v) is 18.4. The van der Waals surface area contributed by atoms with Crippen molar-refractivity contribution in [1.82, 2.24) is 14.9 Å². The average Bonchev–Trinajstić information content (AvgIpc) is 3.08. The molecule has 168 valence electrons. The van der Waals surface area contributed by atoms with Crippen LogP contribution in [0.1, 0.15) is 32.2 Å². The van der Waals surface area contributed by atoms with Crippen molar-refractivity contribution in [1.29, 1.82) is 0 Å². The fourth-order valence-electron chi connectivity index (χ4n) is 3.45. The number of benzene rings is 2. The van der Waals surface area contributed by atoms with Crippen LogP contribution in [0.4, 0.5) is 8.78 Å². The molecule has 0 aliphatic rings. The molecule has 33 heavy (non-hydrogen) atoms. The van der Waals surface area contributed by atoms with Gasteiger partial charge in [0.15, 0.2) is 23.1 Å². The summed E-state index contributed by atoms with van der Waals surface area (Å²) >= 11 is 1.09. The molecule has 0 bridgehead atoms. The molecule has 1 amide bonds. The largest absolute Gasteiger partial charge is 0.293 e. The minimum absolute atomic E-state index is 0.00935. The first-order chi connectivity index (χ1) is 15.8. The van der Waals surface area contributed by atoms with Crippen LogP contribution in [0.25, 0.3) is 10.8 Å². The second-order valence-electron chi connectivity index (χ2n) is 7.30. The molecule has 0 radical (unpaired) electrons. The van der Waals surface area contributed by atoms with Crippen LogP contribution in [0, 0.1) is 25.5 Å². The van der Waals surface area contributed by atoms with Gasteiger partial charge in [0, 0.05) is 27.2 Å². The van der Waals surface area contributed by atoms with Crippen LogP contribution in [0.5, 0.6) is 0 Å². The Morgan fingerprint density at radius 2 is 1.79 bits per heavy atom. The third kappa shape index (κ3) is 4.42. The first-order valence-corrected chi connectivity index (χ1v) is 10.8. The topological polar surface area (TPSA) is 96.8 Å². The SMILES string of the molecule is Cc1cc(C(=O)CSc2ccc(F)c(F)c2)c(C)n1NC(=O)c1n[nH]c(=O)c2ccccc12. The van der Waals surface area contributed by atoms with E-state index in [1.165, 1.54) is 10.7 Å². The van der Waals surface area contributed by atoms with Crippen LogP contribution < -0.4 is 11.0 Å². The zero-order chi connectivity index (χ0) is 23.7. The number of aromatic amines is 1. The molecular formula is C23H18F2N4O3S. The number of ketones is 1.